The second kappa shape index (κ2) is 4.85. The summed E-state index contributed by atoms with van der Waals surface area (Å²) in [5, 5.41) is 19.0. The Morgan fingerprint density at radius 3 is 2.40 bits per heavy atom. The molecule has 1 heterocycles. The van der Waals surface area contributed by atoms with Gasteiger partial charge in [-0.25, -0.2) is 8.96 Å². The van der Waals surface area contributed by atoms with Gasteiger partial charge in [0.2, 0.25) is 0 Å². The lowest BCUT2D eigenvalue weighted by Gasteiger charge is -2.14. The van der Waals surface area contributed by atoms with Crippen molar-refractivity contribution in [1.29, 1.82) is 0 Å². The van der Waals surface area contributed by atoms with Gasteiger partial charge >= 0.3 is 17.3 Å². The fourth-order valence-corrected chi connectivity index (χ4v) is 2.97. The van der Waals surface area contributed by atoms with Crippen LogP contribution in [0, 0.1) is 13.8 Å². The summed E-state index contributed by atoms with van der Waals surface area (Å²) in [4.78, 5) is 4.03. The van der Waals surface area contributed by atoms with Crippen molar-refractivity contribution >= 4 is 33.8 Å². The SMILES string of the molecule is Cc1cc2c(ncn2S(=O)(=O)N(C)C)c(B(O)O)c1C. The molecule has 2 N–H and O–H groups in total. The Balaban J connectivity index is 2.89. The lowest BCUT2D eigenvalue weighted by Crippen LogP contribution is -2.34. The summed E-state index contributed by atoms with van der Waals surface area (Å²) in [5.41, 5.74) is 2.27. The fourth-order valence-electron chi connectivity index (χ4n) is 2.06. The van der Waals surface area contributed by atoms with E-state index in [0.717, 1.165) is 13.8 Å². The zero-order chi connectivity index (χ0) is 15.2. The van der Waals surface area contributed by atoms with E-state index in [0.29, 0.717) is 11.1 Å². The van der Waals surface area contributed by atoms with Gasteiger partial charge in [-0.05, 0) is 31.0 Å². The van der Waals surface area contributed by atoms with Crippen LogP contribution in [0.15, 0.2) is 12.4 Å². The highest BCUT2D eigenvalue weighted by Crippen LogP contribution is 2.19. The van der Waals surface area contributed by atoms with Gasteiger partial charge in [0.15, 0.2) is 0 Å². The average molecular weight is 297 g/mol. The van der Waals surface area contributed by atoms with Crippen molar-refractivity contribution in [3.05, 3.63) is 23.5 Å². The van der Waals surface area contributed by atoms with Gasteiger partial charge in [0, 0.05) is 19.6 Å². The molecule has 2 aromatic rings. The summed E-state index contributed by atoms with van der Waals surface area (Å²) >= 11 is 0. The first-order valence-electron chi connectivity index (χ1n) is 5.94. The number of fused-ring (bicyclic) bond motifs is 1. The van der Waals surface area contributed by atoms with Crippen molar-refractivity contribution in [2.45, 2.75) is 13.8 Å². The van der Waals surface area contributed by atoms with Gasteiger partial charge < -0.3 is 10.0 Å². The highest BCUT2D eigenvalue weighted by atomic mass is 32.2. The van der Waals surface area contributed by atoms with Crippen molar-refractivity contribution in [3.8, 4) is 0 Å². The monoisotopic (exact) mass is 297 g/mol. The summed E-state index contributed by atoms with van der Waals surface area (Å²) in [6.07, 6.45) is 1.17. The summed E-state index contributed by atoms with van der Waals surface area (Å²) in [6.45, 7) is 3.52. The van der Waals surface area contributed by atoms with Gasteiger partial charge in [-0.1, -0.05) is 0 Å². The molecule has 0 spiro atoms. The minimum Gasteiger partial charge on any atom is -0.423 e. The van der Waals surface area contributed by atoms with Gasteiger partial charge in [0.25, 0.3) is 0 Å². The number of hydrogen-bond donors (Lipinski definition) is 2. The van der Waals surface area contributed by atoms with E-state index in [1.807, 2.05) is 0 Å². The van der Waals surface area contributed by atoms with E-state index in [1.165, 1.54) is 20.4 Å². The second-order valence-electron chi connectivity index (χ2n) is 4.80. The molecule has 0 aliphatic heterocycles. The van der Waals surface area contributed by atoms with Gasteiger partial charge in [0.05, 0.1) is 11.0 Å². The molecule has 0 unspecified atom stereocenters. The highest BCUT2D eigenvalue weighted by Gasteiger charge is 2.25. The molecule has 0 atom stereocenters. The van der Waals surface area contributed by atoms with Crippen molar-refractivity contribution in [3.63, 3.8) is 0 Å². The van der Waals surface area contributed by atoms with E-state index >= 15 is 0 Å². The van der Waals surface area contributed by atoms with E-state index in [9.17, 15) is 18.5 Å². The molecule has 0 saturated heterocycles. The largest absolute Gasteiger partial charge is 0.491 e. The summed E-state index contributed by atoms with van der Waals surface area (Å²) < 4.78 is 26.5. The second-order valence-corrected chi connectivity index (χ2v) is 6.82. The molecule has 108 valence electrons. The third-order valence-electron chi connectivity index (χ3n) is 3.34. The van der Waals surface area contributed by atoms with Crippen LogP contribution in [0.1, 0.15) is 11.1 Å². The zero-order valence-electron chi connectivity index (χ0n) is 11.7. The van der Waals surface area contributed by atoms with Crippen molar-refractivity contribution < 1.29 is 18.5 Å². The lowest BCUT2D eigenvalue weighted by molar-refractivity contribution is 0.426. The minimum absolute atomic E-state index is 0.229. The Labute approximate surface area is 117 Å². The molecule has 0 saturated carbocycles. The van der Waals surface area contributed by atoms with E-state index < -0.39 is 17.3 Å². The van der Waals surface area contributed by atoms with Gasteiger partial charge in [0.1, 0.15) is 6.33 Å². The van der Waals surface area contributed by atoms with E-state index in [4.69, 9.17) is 0 Å². The van der Waals surface area contributed by atoms with Crippen molar-refractivity contribution in [2.24, 2.45) is 0 Å². The normalized spacial score (nSPS) is 12.3. The molecule has 0 aliphatic rings. The van der Waals surface area contributed by atoms with Crippen LogP contribution in [0.3, 0.4) is 0 Å². The molecule has 2 rings (SSSR count). The molecule has 1 aromatic carbocycles. The summed E-state index contributed by atoms with van der Waals surface area (Å²) in [7, 11) is -2.57. The maximum atomic E-state index is 12.2. The maximum Gasteiger partial charge on any atom is 0.491 e. The first-order chi connectivity index (χ1) is 9.17. The Morgan fingerprint density at radius 1 is 1.30 bits per heavy atom. The standard InChI is InChI=1S/C11H16BN3O4S/c1-7-5-9-11(10(8(7)2)12(16)17)13-6-15(9)20(18,19)14(3)4/h5-6,16-17H,1-4H3. The Morgan fingerprint density at radius 2 is 1.90 bits per heavy atom. The molecule has 1 aromatic heterocycles. The smallest absolute Gasteiger partial charge is 0.423 e. The molecule has 20 heavy (non-hydrogen) atoms. The third-order valence-corrected chi connectivity index (χ3v) is 5.05. The fraction of sp³-hybridized carbons (Fsp3) is 0.364. The number of aromatic nitrogens is 2. The topological polar surface area (TPSA) is 95.7 Å². The summed E-state index contributed by atoms with van der Waals surface area (Å²) in [6, 6.07) is 1.67. The molecule has 7 nitrogen and oxygen atoms in total. The number of hydrogen-bond acceptors (Lipinski definition) is 5. The number of aryl methyl sites for hydroxylation is 1. The Kier molecular flexibility index (Phi) is 3.63. The molecular weight excluding hydrogens is 281 g/mol. The predicted octanol–water partition coefficient (Wildman–Crippen LogP) is -1.01. The van der Waals surface area contributed by atoms with Crippen LogP contribution in [-0.4, -0.2) is 52.9 Å². The predicted molar refractivity (Wildman–Crippen MR) is 77.0 cm³/mol. The maximum absolute atomic E-state index is 12.2. The van der Waals surface area contributed by atoms with Crippen LogP contribution in [0.4, 0.5) is 0 Å². The van der Waals surface area contributed by atoms with Gasteiger partial charge in [-0.15, -0.1) is 0 Å². The Bertz CT molecular complexity index is 768. The van der Waals surface area contributed by atoms with Crippen LogP contribution in [0.5, 0.6) is 0 Å². The van der Waals surface area contributed by atoms with Crippen LogP contribution in [-0.2, 0) is 10.2 Å². The molecule has 9 heteroatoms. The minimum atomic E-state index is -3.71. The average Bonchev–Trinajstić information content (AvgIpc) is 2.73. The molecule has 0 radical (unpaired) electrons. The van der Waals surface area contributed by atoms with E-state index in [1.54, 1.807) is 19.9 Å². The number of imidazole rings is 1. The first kappa shape index (κ1) is 15.0. The van der Waals surface area contributed by atoms with E-state index in [-0.39, 0.29) is 11.0 Å². The van der Waals surface area contributed by atoms with Crippen molar-refractivity contribution in [2.75, 3.05) is 14.1 Å². The molecule has 0 amide bonds. The number of rotatable bonds is 3. The van der Waals surface area contributed by atoms with Crippen LogP contribution >= 0.6 is 0 Å². The molecule has 0 aliphatic carbocycles. The highest BCUT2D eigenvalue weighted by molar-refractivity contribution is 7.87. The number of nitrogens with zero attached hydrogens (tertiary/aromatic N) is 3. The van der Waals surface area contributed by atoms with Crippen molar-refractivity contribution in [1.82, 2.24) is 13.3 Å². The van der Waals surface area contributed by atoms with Crippen LogP contribution in [0.25, 0.3) is 11.0 Å². The number of benzene rings is 1. The molecule has 0 bridgehead atoms. The van der Waals surface area contributed by atoms with Gasteiger partial charge in [-0.3, -0.25) is 0 Å². The molecular formula is C11H16BN3O4S. The quantitative estimate of drug-likeness (QED) is 0.708. The first-order valence-corrected chi connectivity index (χ1v) is 7.34. The third kappa shape index (κ3) is 2.12. The lowest BCUT2D eigenvalue weighted by atomic mass is 9.75. The van der Waals surface area contributed by atoms with Crippen LogP contribution in [0.2, 0.25) is 0 Å². The summed E-state index contributed by atoms with van der Waals surface area (Å²) in [5.74, 6) is 0. The van der Waals surface area contributed by atoms with Gasteiger partial charge in [-0.2, -0.15) is 12.7 Å². The Hall–Kier alpha value is -1.42. The van der Waals surface area contributed by atoms with Crippen LogP contribution < -0.4 is 5.46 Å². The zero-order valence-corrected chi connectivity index (χ0v) is 12.5. The molecule has 0 fully saturated rings. The van der Waals surface area contributed by atoms with E-state index in [2.05, 4.69) is 4.98 Å².